The van der Waals surface area contributed by atoms with Gasteiger partial charge < -0.3 is 6.92 Å². The second kappa shape index (κ2) is 37.2. The van der Waals surface area contributed by atoms with Gasteiger partial charge in [0.2, 0.25) is 0 Å². The summed E-state index contributed by atoms with van der Waals surface area (Å²) in [7, 11) is 0. The molecular formula is C68H101O14U-. The van der Waals surface area contributed by atoms with Crippen LogP contribution in [0, 0.1) is 121 Å². The molecule has 14 atom stereocenters. The fraction of sp³-hybridized carbons (Fsp3) is 0.779. The van der Waals surface area contributed by atoms with E-state index >= 15 is 0 Å². The largest absolute Gasteiger partial charge is 0.343 e. The van der Waals surface area contributed by atoms with E-state index in [9.17, 15) is 67.1 Å². The third-order valence-corrected chi connectivity index (χ3v) is 20.0. The van der Waals surface area contributed by atoms with Gasteiger partial charge >= 0.3 is 0 Å². The van der Waals surface area contributed by atoms with E-state index in [1.54, 1.807) is 0 Å². The summed E-state index contributed by atoms with van der Waals surface area (Å²) in [6.07, 6.45) is 16.4. The van der Waals surface area contributed by atoms with Gasteiger partial charge in [-0.2, -0.15) is 6.42 Å². The Morgan fingerprint density at radius 2 is 0.337 bits per heavy atom. The SMILES string of the molecule is CC1CCC(=O)C(C)CCC1=O.CC1CCC(=O)C(C)CCC1=O.CC1CCC(=O)C(CC2CCC(=O)C(C)CCC2=O)CCC1=O.[CH2-]CC1CCC(=O)C(CC2CCC(=O)C(CC3CCC(=O)C(C)CCC3=O)CCC2=O)CCC1=O.[U]. The summed E-state index contributed by atoms with van der Waals surface area (Å²) in [6.45, 7) is 17.2. The molecule has 0 bridgehead atoms. The van der Waals surface area contributed by atoms with Crippen LogP contribution in [0.4, 0.5) is 0 Å². The summed E-state index contributed by atoms with van der Waals surface area (Å²) in [4.78, 5) is 170. The molecule has 7 rings (SSSR count). The molecule has 7 aliphatic rings. The minimum atomic E-state index is -0.325. The van der Waals surface area contributed by atoms with Gasteiger partial charge in [-0.05, 0) is 115 Å². The number of hydrogen-bond acceptors (Lipinski definition) is 14. The number of Topliss-reactive ketones (excluding diaryl/α,β-unsaturated/α-hetero) is 14. The second-order valence-corrected chi connectivity index (χ2v) is 26.3. The van der Waals surface area contributed by atoms with Gasteiger partial charge in [0.15, 0.2) is 0 Å². The predicted molar refractivity (Wildman–Crippen MR) is 312 cm³/mol. The van der Waals surface area contributed by atoms with Crippen molar-refractivity contribution in [1.82, 2.24) is 0 Å². The molecule has 0 heterocycles. The fourth-order valence-electron chi connectivity index (χ4n) is 13.0. The van der Waals surface area contributed by atoms with Crippen LogP contribution in [-0.2, 0) is 67.1 Å². The number of carbonyl (C=O) groups is 14. The van der Waals surface area contributed by atoms with Gasteiger partial charge in [-0.25, -0.2) is 0 Å². The molecule has 462 valence electrons. The Morgan fingerprint density at radius 3 is 0.506 bits per heavy atom. The monoisotopic (exact) mass is 1380 g/mol. The molecular weight excluding hydrogens is 1280 g/mol. The van der Waals surface area contributed by atoms with Crippen molar-refractivity contribution >= 4 is 81.0 Å². The summed E-state index contributed by atoms with van der Waals surface area (Å²) in [5.41, 5.74) is 0. The normalized spacial score (nSPS) is 33.6. The van der Waals surface area contributed by atoms with Crippen molar-refractivity contribution in [2.24, 2.45) is 82.9 Å². The van der Waals surface area contributed by atoms with Crippen LogP contribution in [0.2, 0.25) is 0 Å². The molecule has 7 saturated carbocycles. The first-order chi connectivity index (χ1) is 38.8. The van der Waals surface area contributed by atoms with Crippen molar-refractivity contribution in [1.29, 1.82) is 0 Å². The van der Waals surface area contributed by atoms with Crippen molar-refractivity contribution in [3.05, 3.63) is 6.92 Å². The van der Waals surface area contributed by atoms with E-state index in [4.69, 9.17) is 0 Å². The molecule has 0 amide bonds. The Kier molecular flexibility index (Phi) is 33.0. The van der Waals surface area contributed by atoms with E-state index in [0.717, 1.165) is 25.7 Å². The zero-order valence-electron chi connectivity index (χ0n) is 51.6. The van der Waals surface area contributed by atoms with E-state index in [0.29, 0.717) is 190 Å². The topological polar surface area (TPSA) is 239 Å². The van der Waals surface area contributed by atoms with Gasteiger partial charge in [-0.3, -0.25) is 67.1 Å². The smallest absolute Gasteiger partial charge is 0.136 e. The standard InChI is InChI=1S/C29H41O6.C19H28O4.2C10H16O2.U/c1-3-19-5-12-27(33)21(7-13-25(19)31)17-23-9-15-28(34)22(8-14-29(23)35)16-20-6-11-24(30)18(2)4-10-26(20)32;1-12-3-7-18(22)14(5-9-16(12)20)11-15-6-10-17(21)13(2)4-8-19(15)23;2*1-7-3-5-10(12)8(2)4-6-9(7)11;/h18-23H,1,3-17H2,2H3;12-15H,3-11H2,1-2H3;2*7-8H,3-6H2,1-2H3;/q-1;;;;. The maximum Gasteiger partial charge on any atom is 0.136 e. The predicted octanol–water partition coefficient (Wildman–Crippen LogP) is 12.1. The quantitative estimate of drug-likeness (QED) is 0.216. The Labute approximate surface area is 519 Å². The first-order valence-electron chi connectivity index (χ1n) is 32.0. The number of ketones is 14. The molecule has 15 heteroatoms. The molecule has 0 radical (unpaired) electrons. The van der Waals surface area contributed by atoms with Crippen molar-refractivity contribution < 1.29 is 98.2 Å². The van der Waals surface area contributed by atoms with Crippen LogP contribution in [0.1, 0.15) is 254 Å². The first kappa shape index (κ1) is 73.7. The molecule has 0 spiro atoms. The Hall–Kier alpha value is -3.57. The molecule has 83 heavy (non-hydrogen) atoms. The summed E-state index contributed by atoms with van der Waals surface area (Å²) < 4.78 is 0. The van der Waals surface area contributed by atoms with Crippen LogP contribution in [0.3, 0.4) is 0 Å². The van der Waals surface area contributed by atoms with E-state index in [2.05, 4.69) is 6.92 Å². The number of rotatable bonds is 7. The molecule has 14 nitrogen and oxygen atoms in total. The van der Waals surface area contributed by atoms with E-state index in [1.807, 2.05) is 48.5 Å². The van der Waals surface area contributed by atoms with E-state index < -0.39 is 0 Å². The average molecular weight is 1380 g/mol. The molecule has 0 saturated heterocycles. The second-order valence-electron chi connectivity index (χ2n) is 26.3. The molecule has 0 aromatic heterocycles. The van der Waals surface area contributed by atoms with Gasteiger partial charge in [0.25, 0.3) is 0 Å². The molecule has 0 aliphatic heterocycles. The summed E-state index contributed by atoms with van der Waals surface area (Å²) in [5, 5.41) is 0. The minimum Gasteiger partial charge on any atom is -0.343 e. The maximum absolute atomic E-state index is 13.0. The Morgan fingerprint density at radius 1 is 0.217 bits per heavy atom. The molecule has 7 fully saturated rings. The Bertz CT molecular complexity index is 2180. The van der Waals surface area contributed by atoms with Crippen molar-refractivity contribution in [2.45, 2.75) is 254 Å². The van der Waals surface area contributed by atoms with Gasteiger partial charge in [-0.15, -0.1) is 0 Å². The van der Waals surface area contributed by atoms with Crippen molar-refractivity contribution in [3.8, 4) is 0 Å². The number of hydrogen-bond donors (Lipinski definition) is 0. The van der Waals surface area contributed by atoms with Gasteiger partial charge in [0, 0.05) is 198 Å². The average Bonchev–Trinajstić information content (AvgIpc) is 3.51. The van der Waals surface area contributed by atoms with E-state index in [-0.39, 0.29) is 185 Å². The summed E-state index contributed by atoms with van der Waals surface area (Å²) in [5.74, 6) is 1.51. The first-order valence-corrected chi connectivity index (χ1v) is 32.0. The zero-order valence-corrected chi connectivity index (χ0v) is 55.8. The summed E-state index contributed by atoms with van der Waals surface area (Å²) in [6, 6.07) is 0. The van der Waals surface area contributed by atoms with Crippen molar-refractivity contribution in [2.75, 3.05) is 0 Å². The van der Waals surface area contributed by atoms with Crippen LogP contribution >= 0.6 is 0 Å². The summed E-state index contributed by atoms with van der Waals surface area (Å²) >= 11 is 0. The zero-order chi connectivity index (χ0) is 60.8. The molecule has 0 N–H and O–H groups in total. The third-order valence-electron chi connectivity index (χ3n) is 20.0. The van der Waals surface area contributed by atoms with Gasteiger partial charge in [-0.1, -0.05) is 48.5 Å². The van der Waals surface area contributed by atoms with E-state index in [1.165, 1.54) is 0 Å². The van der Waals surface area contributed by atoms with Crippen molar-refractivity contribution in [3.63, 3.8) is 0 Å². The van der Waals surface area contributed by atoms with Crippen LogP contribution in [0.25, 0.3) is 0 Å². The van der Waals surface area contributed by atoms with Crippen LogP contribution in [-0.4, -0.2) is 81.0 Å². The minimum absolute atomic E-state index is 0. The third kappa shape index (κ3) is 24.6. The molecule has 14 unspecified atom stereocenters. The Balaban J connectivity index is 0.000000321. The van der Waals surface area contributed by atoms with Gasteiger partial charge in [0.1, 0.15) is 81.0 Å². The molecule has 7 aliphatic carbocycles. The maximum atomic E-state index is 13.0. The molecule has 0 aromatic carbocycles. The van der Waals surface area contributed by atoms with Crippen LogP contribution in [0.5, 0.6) is 0 Å². The molecule has 0 aromatic rings. The van der Waals surface area contributed by atoms with Crippen LogP contribution in [0.15, 0.2) is 0 Å². The van der Waals surface area contributed by atoms with Crippen LogP contribution < -0.4 is 0 Å². The van der Waals surface area contributed by atoms with Gasteiger partial charge in [0.05, 0.1) is 0 Å². The fourth-order valence-corrected chi connectivity index (χ4v) is 13.0. The number of carbonyl (C=O) groups excluding carboxylic acids is 14.